The van der Waals surface area contributed by atoms with Crippen LogP contribution in [-0.4, -0.2) is 8.96 Å². The highest BCUT2D eigenvalue weighted by atomic mass is 32.2. The first kappa shape index (κ1) is 11.7. The lowest BCUT2D eigenvalue weighted by Crippen LogP contribution is -2.34. The molecule has 0 radical (unpaired) electrons. The number of hydrogen-bond acceptors (Lipinski definition) is 2. The van der Waals surface area contributed by atoms with Crippen molar-refractivity contribution >= 4 is 11.0 Å². The molecule has 3 nitrogen and oxygen atoms in total. The second kappa shape index (κ2) is 4.41. The molecule has 1 aliphatic rings. The lowest BCUT2D eigenvalue weighted by atomic mass is 9.90. The van der Waals surface area contributed by atoms with Gasteiger partial charge < -0.3 is 0 Å². The van der Waals surface area contributed by atoms with Crippen molar-refractivity contribution in [2.45, 2.75) is 44.3 Å². The second-order valence-corrected chi connectivity index (χ2v) is 6.42. The Morgan fingerprint density at radius 1 is 1.64 bits per heavy atom. The molecule has 2 atom stereocenters. The lowest BCUT2D eigenvalue weighted by Gasteiger charge is -2.25. The highest BCUT2D eigenvalue weighted by Gasteiger charge is 2.36. The summed E-state index contributed by atoms with van der Waals surface area (Å²) in [6.45, 7) is 3.83. The van der Waals surface area contributed by atoms with E-state index in [1.54, 1.807) is 0 Å². The van der Waals surface area contributed by atoms with Gasteiger partial charge in [0.2, 0.25) is 0 Å². The van der Waals surface area contributed by atoms with Gasteiger partial charge in [0.25, 0.3) is 0 Å². The van der Waals surface area contributed by atoms with Gasteiger partial charge in [-0.15, -0.1) is 0 Å². The van der Waals surface area contributed by atoms with E-state index in [2.05, 4.69) is 6.07 Å². The fraction of sp³-hybridized carbons (Fsp3) is 0.900. The minimum atomic E-state index is -1.30. The molecule has 1 unspecified atom stereocenters. The molecule has 0 bridgehead atoms. The third kappa shape index (κ3) is 3.07. The Labute approximate surface area is 88.3 Å². The molecule has 0 aromatic carbocycles. The molecule has 0 heterocycles. The van der Waals surface area contributed by atoms with Gasteiger partial charge in [0, 0.05) is 6.42 Å². The van der Waals surface area contributed by atoms with Crippen LogP contribution in [0.5, 0.6) is 0 Å². The molecule has 0 spiro atoms. The first-order chi connectivity index (χ1) is 6.47. The third-order valence-electron chi connectivity index (χ3n) is 2.94. The summed E-state index contributed by atoms with van der Waals surface area (Å²) in [5, 5.41) is 14.1. The Balaban J connectivity index is 2.54. The molecule has 0 saturated heterocycles. The highest BCUT2D eigenvalue weighted by molar-refractivity contribution is 7.84. The molecule has 0 aromatic rings. The maximum absolute atomic E-state index is 11.3. The Bertz CT molecular complexity index is 266. The molecule has 1 saturated carbocycles. The summed E-state index contributed by atoms with van der Waals surface area (Å²) in [4.78, 5) is 0. The zero-order valence-corrected chi connectivity index (χ0v) is 9.64. The van der Waals surface area contributed by atoms with Gasteiger partial charge in [-0.3, -0.25) is 5.14 Å². The van der Waals surface area contributed by atoms with E-state index < -0.39 is 11.0 Å². The average molecular weight is 214 g/mol. The van der Waals surface area contributed by atoms with Gasteiger partial charge in [-0.25, -0.2) is 4.21 Å². The van der Waals surface area contributed by atoms with Gasteiger partial charge in [0.1, 0.15) is 0 Å². The summed E-state index contributed by atoms with van der Waals surface area (Å²) in [5.41, 5.74) is 0. The van der Waals surface area contributed by atoms with Gasteiger partial charge in [0.05, 0.1) is 21.8 Å². The van der Waals surface area contributed by atoms with Crippen LogP contribution < -0.4 is 5.14 Å². The van der Waals surface area contributed by atoms with Gasteiger partial charge in [-0.2, -0.15) is 5.26 Å². The normalized spacial score (nSPS) is 21.3. The Hall–Kier alpha value is -0.400. The van der Waals surface area contributed by atoms with Crippen LogP contribution in [0.1, 0.15) is 39.5 Å². The molecular formula is C10H18N2OS. The van der Waals surface area contributed by atoms with Gasteiger partial charge in [-0.1, -0.05) is 0 Å². The molecule has 80 valence electrons. The molecule has 1 fully saturated rings. The number of nitriles is 1. The van der Waals surface area contributed by atoms with Crippen LogP contribution in [-0.2, 0) is 11.0 Å². The monoisotopic (exact) mass is 214 g/mol. The molecule has 0 aromatic heterocycles. The summed E-state index contributed by atoms with van der Waals surface area (Å²) in [5.74, 6) is 1.07. The molecule has 14 heavy (non-hydrogen) atoms. The zero-order chi connectivity index (χ0) is 10.8. The quantitative estimate of drug-likeness (QED) is 0.757. The third-order valence-corrected chi connectivity index (χ3v) is 4.20. The Morgan fingerprint density at radius 3 is 2.57 bits per heavy atom. The SMILES string of the molecule is CC(C)(C[C@@H](CC#N)C1CC1)S(N)=O. The number of hydrogen-bond donors (Lipinski definition) is 1. The zero-order valence-electron chi connectivity index (χ0n) is 8.82. The molecule has 1 aliphatic carbocycles. The van der Waals surface area contributed by atoms with E-state index in [1.165, 1.54) is 12.8 Å². The first-order valence-electron chi connectivity index (χ1n) is 5.00. The molecular weight excluding hydrogens is 196 g/mol. The van der Waals surface area contributed by atoms with Crippen LogP contribution in [0.2, 0.25) is 0 Å². The van der Waals surface area contributed by atoms with Crippen molar-refractivity contribution < 1.29 is 4.21 Å². The van der Waals surface area contributed by atoms with Crippen LogP contribution >= 0.6 is 0 Å². The predicted molar refractivity (Wildman–Crippen MR) is 57.5 cm³/mol. The first-order valence-corrected chi connectivity index (χ1v) is 6.22. The van der Waals surface area contributed by atoms with Crippen molar-refractivity contribution in [3.05, 3.63) is 0 Å². The van der Waals surface area contributed by atoms with E-state index in [0.29, 0.717) is 18.3 Å². The molecule has 2 N–H and O–H groups in total. The van der Waals surface area contributed by atoms with Gasteiger partial charge >= 0.3 is 0 Å². The van der Waals surface area contributed by atoms with Crippen molar-refractivity contribution in [1.29, 1.82) is 5.26 Å². The summed E-state index contributed by atoms with van der Waals surface area (Å²) < 4.78 is 10.9. The van der Waals surface area contributed by atoms with E-state index in [9.17, 15) is 4.21 Å². The van der Waals surface area contributed by atoms with E-state index in [1.807, 2.05) is 13.8 Å². The topological polar surface area (TPSA) is 66.9 Å². The summed E-state index contributed by atoms with van der Waals surface area (Å²) in [6.07, 6.45) is 3.82. The summed E-state index contributed by atoms with van der Waals surface area (Å²) >= 11 is 0. The largest absolute Gasteiger partial charge is 0.251 e. The fourth-order valence-corrected chi connectivity index (χ4v) is 2.18. The number of nitrogens with zero attached hydrogens (tertiary/aromatic N) is 1. The van der Waals surface area contributed by atoms with E-state index in [-0.39, 0.29) is 4.75 Å². The van der Waals surface area contributed by atoms with Crippen molar-refractivity contribution in [3.8, 4) is 6.07 Å². The van der Waals surface area contributed by atoms with Crippen molar-refractivity contribution in [3.63, 3.8) is 0 Å². The number of rotatable bonds is 5. The van der Waals surface area contributed by atoms with Crippen LogP contribution in [0, 0.1) is 23.2 Å². The predicted octanol–water partition coefficient (Wildman–Crippen LogP) is 1.72. The van der Waals surface area contributed by atoms with Crippen LogP contribution in [0.3, 0.4) is 0 Å². The van der Waals surface area contributed by atoms with Crippen LogP contribution in [0.15, 0.2) is 0 Å². The van der Waals surface area contributed by atoms with Crippen molar-refractivity contribution in [2.75, 3.05) is 0 Å². The van der Waals surface area contributed by atoms with Crippen LogP contribution in [0.25, 0.3) is 0 Å². The second-order valence-electron chi connectivity index (χ2n) is 4.72. The maximum Gasteiger partial charge on any atom is 0.0945 e. The minimum Gasteiger partial charge on any atom is -0.251 e. The highest BCUT2D eigenvalue weighted by Crippen LogP contribution is 2.42. The summed E-state index contributed by atoms with van der Waals surface area (Å²) in [7, 11) is -1.30. The van der Waals surface area contributed by atoms with Gasteiger partial charge in [-0.05, 0) is 44.9 Å². The smallest absolute Gasteiger partial charge is 0.0945 e. The van der Waals surface area contributed by atoms with Crippen LogP contribution in [0.4, 0.5) is 0 Å². The van der Waals surface area contributed by atoms with E-state index in [0.717, 1.165) is 6.42 Å². The van der Waals surface area contributed by atoms with Crippen molar-refractivity contribution in [1.82, 2.24) is 0 Å². The molecule has 0 aliphatic heterocycles. The summed E-state index contributed by atoms with van der Waals surface area (Å²) in [6, 6.07) is 2.21. The standard InChI is InChI=1S/C10H18N2OS/c1-10(2,14(12)13)7-9(5-6-11)8-3-4-8/h8-9H,3-5,7,12H2,1-2H3/t9-,14?/m1/s1. The maximum atomic E-state index is 11.3. The fourth-order valence-electron chi connectivity index (χ4n) is 1.80. The molecule has 0 amide bonds. The van der Waals surface area contributed by atoms with Gasteiger partial charge in [0.15, 0.2) is 0 Å². The lowest BCUT2D eigenvalue weighted by molar-refractivity contribution is 0.389. The molecule has 4 heteroatoms. The average Bonchev–Trinajstić information content (AvgIpc) is 2.85. The number of nitrogens with two attached hydrogens (primary N) is 1. The minimum absolute atomic E-state index is 0.357. The van der Waals surface area contributed by atoms with Crippen molar-refractivity contribution in [2.24, 2.45) is 17.0 Å². The Morgan fingerprint density at radius 2 is 2.21 bits per heavy atom. The van der Waals surface area contributed by atoms with E-state index >= 15 is 0 Å². The van der Waals surface area contributed by atoms with E-state index in [4.69, 9.17) is 10.4 Å². The molecule has 1 rings (SSSR count). The Kier molecular flexibility index (Phi) is 3.68.